The van der Waals surface area contributed by atoms with Crippen LogP contribution in [0.25, 0.3) is 22.4 Å². The number of hydrogen-bond donors (Lipinski definition) is 0. The molecule has 8 heteroatoms. The Labute approximate surface area is 183 Å². The van der Waals surface area contributed by atoms with Crippen LogP contribution in [0.3, 0.4) is 0 Å². The second-order valence-electron chi connectivity index (χ2n) is 6.89. The molecule has 0 atom stereocenters. The summed E-state index contributed by atoms with van der Waals surface area (Å²) < 4.78 is 18.2. The SMILES string of the molecule is CCCCOc1ccc(-c2nc3s/c(=C/c4ccc(OC)c(OC)c4)c(=O)n3n2)cc1. The molecule has 2 aromatic carbocycles. The largest absolute Gasteiger partial charge is 0.494 e. The molecule has 7 nitrogen and oxygen atoms in total. The Balaban J connectivity index is 1.61. The molecule has 2 heterocycles. The maximum absolute atomic E-state index is 12.8. The summed E-state index contributed by atoms with van der Waals surface area (Å²) in [5, 5.41) is 4.41. The Kier molecular flexibility index (Phi) is 6.18. The van der Waals surface area contributed by atoms with Crippen molar-refractivity contribution in [2.24, 2.45) is 0 Å². The highest BCUT2D eigenvalue weighted by atomic mass is 32.1. The van der Waals surface area contributed by atoms with Crippen LogP contribution in [0.2, 0.25) is 0 Å². The molecule has 31 heavy (non-hydrogen) atoms. The summed E-state index contributed by atoms with van der Waals surface area (Å²) in [5.74, 6) is 2.57. The van der Waals surface area contributed by atoms with Gasteiger partial charge in [0.25, 0.3) is 5.56 Å². The topological polar surface area (TPSA) is 75.0 Å². The first-order valence-corrected chi connectivity index (χ1v) is 10.8. The first kappa shape index (κ1) is 20.9. The van der Waals surface area contributed by atoms with E-state index in [1.54, 1.807) is 26.4 Å². The van der Waals surface area contributed by atoms with Gasteiger partial charge in [0.15, 0.2) is 17.3 Å². The quantitative estimate of drug-likeness (QED) is 0.393. The monoisotopic (exact) mass is 437 g/mol. The summed E-state index contributed by atoms with van der Waals surface area (Å²) in [6, 6.07) is 13.1. The Hall–Kier alpha value is -3.39. The van der Waals surface area contributed by atoms with Crippen molar-refractivity contribution in [2.75, 3.05) is 20.8 Å². The third-order valence-corrected chi connectivity index (χ3v) is 5.73. The van der Waals surface area contributed by atoms with E-state index >= 15 is 0 Å². The standard InChI is InChI=1S/C23H23N3O4S/c1-4-5-12-30-17-9-7-16(8-10-17)21-24-23-26(25-21)22(27)20(31-23)14-15-6-11-18(28-2)19(13-15)29-3/h6-11,13-14H,4-5,12H2,1-3H3/b20-14+. The summed E-state index contributed by atoms with van der Waals surface area (Å²) in [6.45, 7) is 2.83. The molecular weight excluding hydrogens is 414 g/mol. The number of nitrogens with zero attached hydrogens (tertiary/aromatic N) is 3. The van der Waals surface area contributed by atoms with Crippen LogP contribution in [0.5, 0.6) is 17.2 Å². The lowest BCUT2D eigenvalue weighted by Crippen LogP contribution is -2.23. The van der Waals surface area contributed by atoms with Crippen molar-refractivity contribution in [3.05, 3.63) is 62.9 Å². The van der Waals surface area contributed by atoms with Gasteiger partial charge in [-0.15, -0.1) is 5.10 Å². The van der Waals surface area contributed by atoms with Crippen molar-refractivity contribution in [1.82, 2.24) is 14.6 Å². The van der Waals surface area contributed by atoms with Crippen molar-refractivity contribution in [3.8, 4) is 28.6 Å². The number of hydrogen-bond acceptors (Lipinski definition) is 7. The number of aromatic nitrogens is 3. The predicted octanol–water partition coefficient (Wildman–Crippen LogP) is 3.56. The fourth-order valence-corrected chi connectivity index (χ4v) is 3.99. The summed E-state index contributed by atoms with van der Waals surface area (Å²) in [4.78, 5) is 17.9. The third-order valence-electron chi connectivity index (χ3n) is 4.77. The van der Waals surface area contributed by atoms with Gasteiger partial charge >= 0.3 is 0 Å². The molecule has 0 aliphatic heterocycles. The highest BCUT2D eigenvalue weighted by molar-refractivity contribution is 7.15. The molecule has 0 saturated carbocycles. The number of rotatable bonds is 8. The third kappa shape index (κ3) is 4.39. The van der Waals surface area contributed by atoms with Gasteiger partial charge in [0.1, 0.15) is 5.75 Å². The minimum absolute atomic E-state index is 0.201. The summed E-state index contributed by atoms with van der Waals surface area (Å²) >= 11 is 1.30. The van der Waals surface area contributed by atoms with Gasteiger partial charge in [-0.1, -0.05) is 30.7 Å². The minimum atomic E-state index is -0.201. The maximum Gasteiger partial charge on any atom is 0.291 e. The molecule has 0 amide bonds. The molecule has 0 radical (unpaired) electrons. The maximum atomic E-state index is 12.8. The number of fused-ring (bicyclic) bond motifs is 1. The fourth-order valence-electron chi connectivity index (χ4n) is 3.08. The zero-order valence-corrected chi connectivity index (χ0v) is 18.4. The zero-order chi connectivity index (χ0) is 21.8. The van der Waals surface area contributed by atoms with Crippen molar-refractivity contribution >= 4 is 22.4 Å². The van der Waals surface area contributed by atoms with Crippen LogP contribution in [-0.2, 0) is 0 Å². The predicted molar refractivity (Wildman–Crippen MR) is 121 cm³/mol. The van der Waals surface area contributed by atoms with Crippen LogP contribution in [0, 0.1) is 0 Å². The lowest BCUT2D eigenvalue weighted by Gasteiger charge is -2.07. The van der Waals surface area contributed by atoms with Gasteiger partial charge in [-0.25, -0.2) is 0 Å². The number of methoxy groups -OCH3 is 2. The van der Waals surface area contributed by atoms with Gasteiger partial charge < -0.3 is 14.2 Å². The van der Waals surface area contributed by atoms with Crippen LogP contribution in [0.15, 0.2) is 47.3 Å². The zero-order valence-electron chi connectivity index (χ0n) is 17.6. The molecule has 4 rings (SSSR count). The molecule has 0 unspecified atom stereocenters. The average Bonchev–Trinajstić information content (AvgIpc) is 3.33. The van der Waals surface area contributed by atoms with Crippen LogP contribution >= 0.6 is 11.3 Å². The van der Waals surface area contributed by atoms with Crippen LogP contribution in [-0.4, -0.2) is 35.4 Å². The van der Waals surface area contributed by atoms with E-state index in [-0.39, 0.29) is 5.56 Å². The summed E-state index contributed by atoms with van der Waals surface area (Å²) in [7, 11) is 3.16. The highest BCUT2D eigenvalue weighted by Crippen LogP contribution is 2.27. The van der Waals surface area contributed by atoms with E-state index in [1.165, 1.54) is 15.9 Å². The number of thiazole rings is 1. The van der Waals surface area contributed by atoms with Crippen molar-refractivity contribution in [1.29, 1.82) is 0 Å². The number of unbranched alkanes of at least 4 members (excludes halogenated alkanes) is 1. The molecule has 4 aromatic rings. The Morgan fingerprint density at radius 3 is 2.52 bits per heavy atom. The molecule has 0 fully saturated rings. The normalized spacial score (nSPS) is 11.8. The summed E-state index contributed by atoms with van der Waals surface area (Å²) in [6.07, 6.45) is 3.92. The smallest absolute Gasteiger partial charge is 0.291 e. The number of benzene rings is 2. The van der Waals surface area contributed by atoms with Crippen molar-refractivity contribution in [3.63, 3.8) is 0 Å². The van der Waals surface area contributed by atoms with E-state index in [4.69, 9.17) is 14.2 Å². The van der Waals surface area contributed by atoms with E-state index in [0.717, 1.165) is 29.7 Å². The molecule has 0 bridgehead atoms. The van der Waals surface area contributed by atoms with E-state index in [1.807, 2.05) is 36.4 Å². The molecule has 0 N–H and O–H groups in total. The van der Waals surface area contributed by atoms with Crippen molar-refractivity contribution < 1.29 is 14.2 Å². The second-order valence-corrected chi connectivity index (χ2v) is 7.90. The lowest BCUT2D eigenvalue weighted by atomic mass is 10.2. The van der Waals surface area contributed by atoms with Crippen LogP contribution < -0.4 is 24.3 Å². The Bertz CT molecular complexity index is 1300. The van der Waals surface area contributed by atoms with Gasteiger partial charge in [-0.2, -0.15) is 9.50 Å². The average molecular weight is 438 g/mol. The molecule has 0 saturated heterocycles. The molecule has 0 spiro atoms. The molecule has 160 valence electrons. The van der Waals surface area contributed by atoms with Crippen LogP contribution in [0.4, 0.5) is 0 Å². The summed E-state index contributed by atoms with van der Waals surface area (Å²) in [5.41, 5.74) is 1.47. The van der Waals surface area contributed by atoms with E-state index < -0.39 is 0 Å². The van der Waals surface area contributed by atoms with Gasteiger partial charge in [0.2, 0.25) is 4.96 Å². The first-order valence-electron chi connectivity index (χ1n) is 9.99. The molecular formula is C23H23N3O4S. The molecule has 2 aromatic heterocycles. The first-order chi connectivity index (χ1) is 15.1. The van der Waals surface area contributed by atoms with E-state index in [0.29, 0.717) is 33.4 Å². The van der Waals surface area contributed by atoms with E-state index in [9.17, 15) is 4.79 Å². The molecule has 0 aliphatic carbocycles. The van der Waals surface area contributed by atoms with Gasteiger partial charge in [0, 0.05) is 5.56 Å². The number of ether oxygens (including phenoxy) is 3. The fraction of sp³-hybridized carbons (Fsp3) is 0.261. The van der Waals surface area contributed by atoms with Crippen LogP contribution in [0.1, 0.15) is 25.3 Å². The minimum Gasteiger partial charge on any atom is -0.494 e. The van der Waals surface area contributed by atoms with Gasteiger partial charge in [-0.05, 0) is 54.5 Å². The van der Waals surface area contributed by atoms with Crippen molar-refractivity contribution in [2.45, 2.75) is 19.8 Å². The Morgan fingerprint density at radius 1 is 1.06 bits per heavy atom. The van der Waals surface area contributed by atoms with Gasteiger partial charge in [-0.3, -0.25) is 4.79 Å². The Morgan fingerprint density at radius 2 is 1.84 bits per heavy atom. The second kappa shape index (κ2) is 9.18. The van der Waals surface area contributed by atoms with Gasteiger partial charge in [0.05, 0.1) is 25.4 Å². The van der Waals surface area contributed by atoms with E-state index in [2.05, 4.69) is 17.0 Å². The highest BCUT2D eigenvalue weighted by Gasteiger charge is 2.12. The lowest BCUT2D eigenvalue weighted by molar-refractivity contribution is 0.309. The molecule has 0 aliphatic rings.